The van der Waals surface area contributed by atoms with E-state index in [0.29, 0.717) is 28.5 Å². The van der Waals surface area contributed by atoms with Gasteiger partial charge < -0.3 is 14.8 Å². The lowest BCUT2D eigenvalue weighted by molar-refractivity contribution is -0.111. The summed E-state index contributed by atoms with van der Waals surface area (Å²) in [6.45, 7) is 0. The molecule has 0 unspecified atom stereocenters. The highest BCUT2D eigenvalue weighted by Gasteiger charge is 2.05. The molecule has 0 spiro atoms. The van der Waals surface area contributed by atoms with Crippen molar-refractivity contribution < 1.29 is 14.3 Å². The van der Waals surface area contributed by atoms with Crippen molar-refractivity contribution in [1.29, 1.82) is 5.26 Å². The van der Waals surface area contributed by atoms with Crippen LogP contribution < -0.4 is 14.8 Å². The number of benzene rings is 3. The van der Waals surface area contributed by atoms with Crippen LogP contribution in [0.5, 0.6) is 17.2 Å². The van der Waals surface area contributed by atoms with Gasteiger partial charge >= 0.3 is 0 Å². The zero-order valence-electron chi connectivity index (χ0n) is 15.3. The summed E-state index contributed by atoms with van der Waals surface area (Å²) in [5.74, 6) is 1.65. The molecule has 0 bridgehead atoms. The Morgan fingerprint density at radius 3 is 2.29 bits per heavy atom. The third kappa shape index (κ3) is 4.99. The van der Waals surface area contributed by atoms with Crippen molar-refractivity contribution in [3.63, 3.8) is 0 Å². The first kappa shape index (κ1) is 18.7. The lowest BCUT2D eigenvalue weighted by Gasteiger charge is -2.10. The van der Waals surface area contributed by atoms with Crippen molar-refractivity contribution in [3.05, 3.63) is 90.0 Å². The fraction of sp³-hybridized carbons (Fsp3) is 0.0435. The van der Waals surface area contributed by atoms with E-state index in [1.54, 1.807) is 61.7 Å². The molecule has 0 aromatic heterocycles. The predicted octanol–water partition coefficient (Wildman–Crippen LogP) is 5.01. The number of methoxy groups -OCH3 is 1. The van der Waals surface area contributed by atoms with Gasteiger partial charge in [0.05, 0.1) is 18.7 Å². The van der Waals surface area contributed by atoms with E-state index >= 15 is 0 Å². The number of ether oxygens (including phenoxy) is 2. The van der Waals surface area contributed by atoms with Crippen molar-refractivity contribution in [2.24, 2.45) is 0 Å². The summed E-state index contributed by atoms with van der Waals surface area (Å²) in [4.78, 5) is 12.1. The first-order valence-corrected chi connectivity index (χ1v) is 8.58. The van der Waals surface area contributed by atoms with Crippen molar-refractivity contribution in [2.45, 2.75) is 0 Å². The summed E-state index contributed by atoms with van der Waals surface area (Å²) >= 11 is 0. The maximum Gasteiger partial charge on any atom is 0.248 e. The van der Waals surface area contributed by atoms with Crippen LogP contribution in [0.2, 0.25) is 0 Å². The molecule has 0 aliphatic rings. The molecule has 0 heterocycles. The summed E-state index contributed by atoms with van der Waals surface area (Å²) in [5, 5.41) is 11.6. The maximum absolute atomic E-state index is 12.1. The molecule has 0 radical (unpaired) electrons. The van der Waals surface area contributed by atoms with Crippen LogP contribution in [-0.4, -0.2) is 13.0 Å². The van der Waals surface area contributed by atoms with Gasteiger partial charge in [0.2, 0.25) is 5.91 Å². The number of rotatable bonds is 6. The van der Waals surface area contributed by atoms with E-state index in [2.05, 4.69) is 11.4 Å². The van der Waals surface area contributed by atoms with Gasteiger partial charge in [-0.1, -0.05) is 24.3 Å². The molecular weight excluding hydrogens is 352 g/mol. The van der Waals surface area contributed by atoms with Crippen LogP contribution >= 0.6 is 0 Å². The number of nitriles is 1. The smallest absolute Gasteiger partial charge is 0.248 e. The second kappa shape index (κ2) is 9.06. The third-order valence-corrected chi connectivity index (χ3v) is 3.89. The van der Waals surface area contributed by atoms with Crippen molar-refractivity contribution in [3.8, 4) is 23.3 Å². The van der Waals surface area contributed by atoms with Crippen molar-refractivity contribution in [1.82, 2.24) is 0 Å². The fourth-order valence-electron chi connectivity index (χ4n) is 2.46. The molecule has 0 atom stereocenters. The molecule has 3 aromatic rings. The summed E-state index contributed by atoms with van der Waals surface area (Å²) in [6, 6.07) is 23.5. The van der Waals surface area contributed by atoms with Gasteiger partial charge in [0, 0.05) is 11.8 Å². The molecule has 138 valence electrons. The Morgan fingerprint density at radius 1 is 0.964 bits per heavy atom. The number of carbonyl (C=O) groups excluding carboxylic acids is 1. The van der Waals surface area contributed by atoms with Gasteiger partial charge in [-0.2, -0.15) is 5.26 Å². The van der Waals surface area contributed by atoms with Gasteiger partial charge in [-0.25, -0.2) is 0 Å². The molecule has 28 heavy (non-hydrogen) atoms. The minimum Gasteiger partial charge on any atom is -0.493 e. The van der Waals surface area contributed by atoms with Crippen LogP contribution in [0.15, 0.2) is 78.9 Å². The molecule has 0 saturated heterocycles. The van der Waals surface area contributed by atoms with Crippen LogP contribution in [0.25, 0.3) is 6.08 Å². The minimum atomic E-state index is -0.247. The maximum atomic E-state index is 12.1. The lowest BCUT2D eigenvalue weighted by atomic mass is 10.1. The summed E-state index contributed by atoms with van der Waals surface area (Å²) < 4.78 is 11.1. The Balaban J connectivity index is 1.59. The van der Waals surface area contributed by atoms with Crippen LogP contribution in [0.3, 0.4) is 0 Å². The zero-order chi connectivity index (χ0) is 19.8. The Morgan fingerprint density at radius 2 is 1.64 bits per heavy atom. The topological polar surface area (TPSA) is 71.3 Å². The molecule has 0 aliphatic heterocycles. The van der Waals surface area contributed by atoms with E-state index in [0.717, 1.165) is 5.56 Å². The average Bonchev–Trinajstić information content (AvgIpc) is 2.74. The number of anilines is 1. The van der Waals surface area contributed by atoms with Gasteiger partial charge in [0.25, 0.3) is 0 Å². The number of para-hydroxylation sites is 2. The Labute approximate surface area is 163 Å². The molecule has 0 aliphatic carbocycles. The van der Waals surface area contributed by atoms with E-state index in [-0.39, 0.29) is 5.91 Å². The van der Waals surface area contributed by atoms with E-state index < -0.39 is 0 Å². The molecule has 1 N–H and O–H groups in total. The third-order valence-electron chi connectivity index (χ3n) is 3.89. The Kier molecular flexibility index (Phi) is 6.06. The summed E-state index contributed by atoms with van der Waals surface area (Å²) in [6.07, 6.45) is 3.14. The van der Waals surface area contributed by atoms with Crippen molar-refractivity contribution in [2.75, 3.05) is 12.4 Å². The second-order valence-corrected chi connectivity index (χ2v) is 5.83. The van der Waals surface area contributed by atoms with E-state index in [1.165, 1.54) is 6.08 Å². The molecule has 1 amide bonds. The normalized spacial score (nSPS) is 10.3. The number of hydrogen-bond donors (Lipinski definition) is 1. The van der Waals surface area contributed by atoms with Gasteiger partial charge in [-0.3, -0.25) is 4.79 Å². The van der Waals surface area contributed by atoms with Crippen LogP contribution in [0.1, 0.15) is 11.1 Å². The quantitative estimate of drug-likeness (QED) is 0.619. The molecule has 5 nitrogen and oxygen atoms in total. The molecule has 0 fully saturated rings. The summed E-state index contributed by atoms with van der Waals surface area (Å²) in [5.41, 5.74) is 2.08. The lowest BCUT2D eigenvalue weighted by Crippen LogP contribution is -2.07. The predicted molar refractivity (Wildman–Crippen MR) is 108 cm³/mol. The number of carbonyl (C=O) groups is 1. The monoisotopic (exact) mass is 370 g/mol. The second-order valence-electron chi connectivity index (χ2n) is 5.83. The summed E-state index contributed by atoms with van der Waals surface area (Å²) in [7, 11) is 1.59. The highest BCUT2D eigenvalue weighted by molar-refractivity contribution is 6.01. The Bertz CT molecular complexity index is 1020. The minimum absolute atomic E-state index is 0.247. The average molecular weight is 370 g/mol. The van der Waals surface area contributed by atoms with Gasteiger partial charge in [-0.15, -0.1) is 0 Å². The van der Waals surface area contributed by atoms with Gasteiger partial charge in [0.15, 0.2) is 11.5 Å². The molecule has 3 aromatic carbocycles. The number of hydrogen-bond acceptors (Lipinski definition) is 4. The van der Waals surface area contributed by atoms with E-state index in [9.17, 15) is 4.79 Å². The first-order valence-electron chi connectivity index (χ1n) is 8.58. The van der Waals surface area contributed by atoms with E-state index in [4.69, 9.17) is 14.7 Å². The number of amides is 1. The molecule has 5 heteroatoms. The van der Waals surface area contributed by atoms with Gasteiger partial charge in [0.1, 0.15) is 5.75 Å². The zero-order valence-corrected chi connectivity index (χ0v) is 15.3. The van der Waals surface area contributed by atoms with Crippen LogP contribution in [0, 0.1) is 11.3 Å². The standard InChI is InChI=1S/C23H18N2O3/c1-27-21-4-2-3-5-22(21)28-20-13-11-19(12-14-20)25-23(26)15-10-17-6-8-18(16-24)9-7-17/h2-15H,1H3,(H,25,26)/b15-10+. The van der Waals surface area contributed by atoms with Crippen LogP contribution in [-0.2, 0) is 4.79 Å². The van der Waals surface area contributed by atoms with Crippen molar-refractivity contribution >= 4 is 17.7 Å². The highest BCUT2D eigenvalue weighted by atomic mass is 16.5. The number of nitrogens with one attached hydrogen (secondary N) is 1. The van der Waals surface area contributed by atoms with Crippen LogP contribution in [0.4, 0.5) is 5.69 Å². The molecular formula is C23H18N2O3. The van der Waals surface area contributed by atoms with Gasteiger partial charge in [-0.05, 0) is 60.2 Å². The Hall–Kier alpha value is -4.04. The largest absolute Gasteiger partial charge is 0.493 e. The first-order chi connectivity index (χ1) is 13.7. The molecule has 0 saturated carbocycles. The SMILES string of the molecule is COc1ccccc1Oc1ccc(NC(=O)/C=C/c2ccc(C#N)cc2)cc1. The highest BCUT2D eigenvalue weighted by Crippen LogP contribution is 2.31. The number of nitrogens with zero attached hydrogens (tertiary/aromatic N) is 1. The molecule has 3 rings (SSSR count). The van der Waals surface area contributed by atoms with E-state index in [1.807, 2.05) is 24.3 Å². The fourth-order valence-corrected chi connectivity index (χ4v) is 2.46.